The maximum Gasteiger partial charge on any atom is 0.151 e. The molecule has 0 amide bonds. The summed E-state index contributed by atoms with van der Waals surface area (Å²) in [5.41, 5.74) is 0. The summed E-state index contributed by atoms with van der Waals surface area (Å²) < 4.78 is 8.98. The smallest absolute Gasteiger partial charge is 0.151 e. The highest BCUT2D eigenvalue weighted by Crippen LogP contribution is 2.04. The summed E-state index contributed by atoms with van der Waals surface area (Å²) >= 11 is 0. The second-order valence-electron chi connectivity index (χ2n) is 4.58. The van der Waals surface area contributed by atoms with Crippen LogP contribution in [0.15, 0.2) is 0 Å². The van der Waals surface area contributed by atoms with Gasteiger partial charge < -0.3 is 29.3 Å². The molecule has 0 aromatic carbocycles. The van der Waals surface area contributed by atoms with Crippen LogP contribution < -0.4 is 0 Å². The first-order valence-electron chi connectivity index (χ1n) is 7.14. The molecule has 0 aromatic rings. The summed E-state index contributed by atoms with van der Waals surface area (Å²) in [6.45, 7) is 1.92. The lowest BCUT2D eigenvalue weighted by molar-refractivity contribution is -0.109. The summed E-state index contributed by atoms with van der Waals surface area (Å²) in [5, 5.41) is 16.9. The zero-order valence-electron chi connectivity index (χ0n) is 11.9. The number of epoxide rings is 2. The molecule has 0 saturated carbocycles. The molecule has 2 aliphatic heterocycles. The molecule has 0 bridgehead atoms. The van der Waals surface area contributed by atoms with Crippen LogP contribution in [-0.2, 0) is 19.1 Å². The van der Waals surface area contributed by atoms with Gasteiger partial charge in [0.25, 0.3) is 0 Å². The molecule has 20 heavy (non-hydrogen) atoms. The van der Waals surface area contributed by atoms with Crippen LogP contribution in [0.2, 0.25) is 0 Å². The molecule has 2 saturated heterocycles. The summed E-state index contributed by atoms with van der Waals surface area (Å²) in [6.07, 6.45) is 8.02. The molecule has 0 aromatic heterocycles. The number of rotatable bonds is 9. The molecule has 2 unspecified atom stereocenters. The van der Waals surface area contributed by atoms with Crippen LogP contribution in [0.3, 0.4) is 0 Å². The molecule has 0 aliphatic carbocycles. The third kappa shape index (κ3) is 17.2. The van der Waals surface area contributed by atoms with Crippen molar-refractivity contribution in [2.75, 3.05) is 26.4 Å². The third-order valence-corrected chi connectivity index (χ3v) is 2.59. The fourth-order valence-corrected chi connectivity index (χ4v) is 1.20. The lowest BCUT2D eigenvalue weighted by atomic mass is 10.1. The Morgan fingerprint density at radius 2 is 1.05 bits per heavy atom. The van der Waals surface area contributed by atoms with Gasteiger partial charge in [-0.3, -0.25) is 0 Å². The average Bonchev–Trinajstić information content (AvgIpc) is 3.35. The third-order valence-electron chi connectivity index (χ3n) is 2.59. The average molecular weight is 290 g/mol. The van der Waals surface area contributed by atoms with E-state index in [0.29, 0.717) is 26.4 Å². The van der Waals surface area contributed by atoms with Gasteiger partial charge in [-0.25, -0.2) is 0 Å². The van der Waals surface area contributed by atoms with Gasteiger partial charge in [0.1, 0.15) is 12.2 Å². The fourth-order valence-electron chi connectivity index (χ4n) is 1.20. The molecule has 0 spiro atoms. The minimum atomic E-state index is -0.0463. The van der Waals surface area contributed by atoms with Gasteiger partial charge in [-0.1, -0.05) is 25.7 Å². The van der Waals surface area contributed by atoms with E-state index in [1.54, 1.807) is 0 Å². The minimum Gasteiger partial charge on any atom is -0.396 e. The quantitative estimate of drug-likeness (QED) is 0.364. The first kappa shape index (κ1) is 19.2. The Kier molecular flexibility index (Phi) is 14.0. The molecule has 0 radical (unpaired) electrons. The number of carbonyl (C=O) groups excluding carboxylic acids is 2. The predicted molar refractivity (Wildman–Crippen MR) is 73.5 cm³/mol. The van der Waals surface area contributed by atoms with E-state index < -0.39 is 0 Å². The number of aliphatic hydroxyl groups excluding tert-OH is 2. The van der Waals surface area contributed by atoms with Gasteiger partial charge in [-0.05, 0) is 12.8 Å². The molecule has 6 heteroatoms. The largest absolute Gasteiger partial charge is 0.396 e. The number of carbonyl (C=O) groups is 2. The highest BCUT2D eigenvalue weighted by atomic mass is 16.6. The van der Waals surface area contributed by atoms with Crippen molar-refractivity contribution in [3.8, 4) is 0 Å². The monoisotopic (exact) mass is 290 g/mol. The van der Waals surface area contributed by atoms with Crippen LogP contribution in [0.1, 0.15) is 38.5 Å². The Labute approximate surface area is 120 Å². The van der Waals surface area contributed by atoms with Gasteiger partial charge in [0.2, 0.25) is 0 Å². The van der Waals surface area contributed by atoms with Gasteiger partial charge >= 0.3 is 0 Å². The summed E-state index contributed by atoms with van der Waals surface area (Å²) in [6, 6.07) is 0. The highest BCUT2D eigenvalue weighted by Gasteiger charge is 2.20. The van der Waals surface area contributed by atoms with E-state index in [-0.39, 0.29) is 12.2 Å². The van der Waals surface area contributed by atoms with Crippen LogP contribution in [-0.4, -0.2) is 61.4 Å². The predicted octanol–water partition coefficient (Wildman–Crippen LogP) is 0.480. The lowest BCUT2D eigenvalue weighted by Gasteiger charge is -1.97. The van der Waals surface area contributed by atoms with Gasteiger partial charge in [0, 0.05) is 13.2 Å². The summed E-state index contributed by atoms with van der Waals surface area (Å²) in [7, 11) is 0. The van der Waals surface area contributed by atoms with Gasteiger partial charge in [0.05, 0.1) is 13.2 Å². The van der Waals surface area contributed by atoms with Crippen molar-refractivity contribution in [2.45, 2.75) is 50.7 Å². The van der Waals surface area contributed by atoms with Crippen molar-refractivity contribution in [2.24, 2.45) is 0 Å². The first-order valence-corrected chi connectivity index (χ1v) is 7.14. The van der Waals surface area contributed by atoms with Crippen molar-refractivity contribution < 1.29 is 29.3 Å². The van der Waals surface area contributed by atoms with Crippen LogP contribution >= 0.6 is 0 Å². The Bertz CT molecular complexity index is 202. The second-order valence-corrected chi connectivity index (χ2v) is 4.58. The van der Waals surface area contributed by atoms with Crippen molar-refractivity contribution in [1.82, 2.24) is 0 Å². The molecule has 2 fully saturated rings. The van der Waals surface area contributed by atoms with Gasteiger partial charge in [-0.15, -0.1) is 0 Å². The lowest BCUT2D eigenvalue weighted by Crippen LogP contribution is -1.85. The Morgan fingerprint density at radius 3 is 1.20 bits per heavy atom. The van der Waals surface area contributed by atoms with Crippen molar-refractivity contribution >= 4 is 12.6 Å². The number of unbranched alkanes of at least 4 members (excludes halogenated alkanes) is 5. The first-order chi connectivity index (χ1) is 9.78. The number of hydrogen-bond acceptors (Lipinski definition) is 6. The number of hydrogen-bond donors (Lipinski definition) is 2. The Balaban J connectivity index is 0.000000298. The van der Waals surface area contributed by atoms with Crippen LogP contribution in [0.25, 0.3) is 0 Å². The Hall–Kier alpha value is -0.820. The van der Waals surface area contributed by atoms with E-state index in [2.05, 4.69) is 9.47 Å². The maximum absolute atomic E-state index is 9.44. The van der Waals surface area contributed by atoms with Crippen LogP contribution in [0.5, 0.6) is 0 Å². The maximum atomic E-state index is 9.44. The SMILES string of the molecule is O=CC1CO1.O=CC1CO1.OCCCCCCCCO. The number of aliphatic hydroxyl groups is 2. The standard InChI is InChI=1S/C8H18O2.2C3H4O2/c9-7-5-3-1-2-4-6-8-10;2*4-1-3-2-5-3/h9-10H,1-8H2;2*1,3H,2H2. The van der Waals surface area contributed by atoms with Gasteiger partial charge in [0.15, 0.2) is 12.6 Å². The van der Waals surface area contributed by atoms with E-state index in [9.17, 15) is 9.59 Å². The number of aldehydes is 2. The molecule has 2 aliphatic rings. The van der Waals surface area contributed by atoms with Crippen LogP contribution in [0.4, 0.5) is 0 Å². The zero-order valence-corrected chi connectivity index (χ0v) is 11.9. The van der Waals surface area contributed by atoms with E-state index in [4.69, 9.17) is 10.2 Å². The van der Waals surface area contributed by atoms with Crippen molar-refractivity contribution in [1.29, 1.82) is 0 Å². The Morgan fingerprint density at radius 1 is 0.750 bits per heavy atom. The normalized spacial score (nSPS) is 21.7. The van der Waals surface area contributed by atoms with Crippen molar-refractivity contribution in [3.63, 3.8) is 0 Å². The highest BCUT2D eigenvalue weighted by molar-refractivity contribution is 5.59. The summed E-state index contributed by atoms with van der Waals surface area (Å²) in [5.74, 6) is 0. The molecule has 2 N–H and O–H groups in total. The molecular formula is C14H26O6. The molecule has 2 heterocycles. The molecule has 118 valence electrons. The molecule has 6 nitrogen and oxygen atoms in total. The van der Waals surface area contributed by atoms with E-state index >= 15 is 0 Å². The second kappa shape index (κ2) is 14.6. The van der Waals surface area contributed by atoms with E-state index in [1.165, 1.54) is 12.8 Å². The zero-order chi connectivity index (χ0) is 15.1. The van der Waals surface area contributed by atoms with E-state index in [1.807, 2.05) is 0 Å². The fraction of sp³-hybridized carbons (Fsp3) is 0.857. The minimum absolute atomic E-state index is 0.0463. The van der Waals surface area contributed by atoms with Gasteiger partial charge in [-0.2, -0.15) is 0 Å². The van der Waals surface area contributed by atoms with E-state index in [0.717, 1.165) is 38.3 Å². The molecular weight excluding hydrogens is 264 g/mol. The molecule has 2 atom stereocenters. The topological polar surface area (TPSA) is 99.7 Å². The van der Waals surface area contributed by atoms with Crippen molar-refractivity contribution in [3.05, 3.63) is 0 Å². The summed E-state index contributed by atoms with van der Waals surface area (Å²) in [4.78, 5) is 18.9. The molecule has 2 rings (SSSR count). The number of ether oxygens (including phenoxy) is 2. The van der Waals surface area contributed by atoms with Crippen LogP contribution in [0, 0.1) is 0 Å².